The average molecular weight is 358 g/mol. The second kappa shape index (κ2) is 7.58. The molecular formula is C17H25Cl2N3O. The number of benzene rings is 1. The molecule has 6 heteroatoms. The second-order valence-electron chi connectivity index (χ2n) is 6.60. The van der Waals surface area contributed by atoms with Gasteiger partial charge in [0.2, 0.25) is 0 Å². The maximum atomic E-state index is 6.24. The highest BCUT2D eigenvalue weighted by atomic mass is 35.5. The van der Waals surface area contributed by atoms with Crippen molar-refractivity contribution in [3.05, 3.63) is 27.7 Å². The van der Waals surface area contributed by atoms with E-state index < -0.39 is 0 Å². The number of hydrogen-bond acceptors (Lipinski definition) is 4. The molecule has 3 rings (SSSR count). The first-order valence-electron chi connectivity index (χ1n) is 8.23. The van der Waals surface area contributed by atoms with Crippen LogP contribution in [0.1, 0.15) is 12.0 Å². The van der Waals surface area contributed by atoms with Crippen LogP contribution in [0.5, 0.6) is 5.75 Å². The van der Waals surface area contributed by atoms with Gasteiger partial charge in [-0.05, 0) is 25.6 Å². The standard InChI is InChI=1S/C17H25Cl2N3O/c1-20-5-7-22(8-6-20)15-3-4-21(12-15)11-13-9-14(18)10-16(19)17(13)23-2/h9-10,15H,3-8,11-12H2,1-2H3. The van der Waals surface area contributed by atoms with Gasteiger partial charge in [0.1, 0.15) is 5.75 Å². The summed E-state index contributed by atoms with van der Waals surface area (Å²) in [7, 11) is 3.86. The van der Waals surface area contributed by atoms with Crippen LogP contribution in [0.4, 0.5) is 0 Å². The molecule has 0 bridgehead atoms. The minimum atomic E-state index is 0.588. The number of likely N-dealkylation sites (tertiary alicyclic amines) is 1. The fourth-order valence-corrected chi connectivity index (χ4v) is 4.25. The van der Waals surface area contributed by atoms with E-state index in [1.807, 2.05) is 6.07 Å². The Kier molecular flexibility index (Phi) is 5.70. The summed E-state index contributed by atoms with van der Waals surface area (Å²) in [4.78, 5) is 7.53. The van der Waals surface area contributed by atoms with Gasteiger partial charge in [-0.15, -0.1) is 0 Å². The monoisotopic (exact) mass is 357 g/mol. The van der Waals surface area contributed by atoms with E-state index in [0.717, 1.165) is 30.9 Å². The molecule has 2 saturated heterocycles. The maximum Gasteiger partial charge on any atom is 0.142 e. The van der Waals surface area contributed by atoms with E-state index in [2.05, 4.69) is 21.7 Å². The Morgan fingerprint density at radius 1 is 1.13 bits per heavy atom. The van der Waals surface area contributed by atoms with Gasteiger partial charge in [-0.1, -0.05) is 23.2 Å². The molecule has 2 aliphatic rings. The van der Waals surface area contributed by atoms with Crippen molar-refractivity contribution in [1.82, 2.24) is 14.7 Å². The summed E-state index contributed by atoms with van der Waals surface area (Å²) in [6.45, 7) is 7.78. The Hall–Kier alpha value is -0.520. The lowest BCUT2D eigenvalue weighted by Crippen LogP contribution is -2.49. The third-order valence-electron chi connectivity index (χ3n) is 4.99. The Bertz CT molecular complexity index is 547. The third-order valence-corrected chi connectivity index (χ3v) is 5.48. The molecule has 2 aliphatic heterocycles. The molecule has 2 heterocycles. The third kappa shape index (κ3) is 4.12. The van der Waals surface area contributed by atoms with Crippen LogP contribution in [0.3, 0.4) is 0 Å². The van der Waals surface area contributed by atoms with Gasteiger partial charge in [-0.25, -0.2) is 0 Å². The molecule has 0 N–H and O–H groups in total. The van der Waals surface area contributed by atoms with Gasteiger partial charge >= 0.3 is 0 Å². The minimum absolute atomic E-state index is 0.588. The highest BCUT2D eigenvalue weighted by Gasteiger charge is 2.29. The molecule has 4 nitrogen and oxygen atoms in total. The molecule has 0 radical (unpaired) electrons. The van der Waals surface area contributed by atoms with Crippen LogP contribution in [-0.2, 0) is 6.54 Å². The summed E-state index contributed by atoms with van der Waals surface area (Å²) in [6, 6.07) is 4.38. The summed E-state index contributed by atoms with van der Waals surface area (Å²) < 4.78 is 5.46. The van der Waals surface area contributed by atoms with Gasteiger partial charge < -0.3 is 9.64 Å². The summed E-state index contributed by atoms with van der Waals surface area (Å²) in [5, 5.41) is 1.26. The van der Waals surface area contributed by atoms with Gasteiger partial charge in [0.25, 0.3) is 0 Å². The first-order valence-corrected chi connectivity index (χ1v) is 8.99. The van der Waals surface area contributed by atoms with E-state index in [-0.39, 0.29) is 0 Å². The van der Waals surface area contributed by atoms with E-state index in [1.54, 1.807) is 13.2 Å². The van der Waals surface area contributed by atoms with E-state index in [4.69, 9.17) is 27.9 Å². The van der Waals surface area contributed by atoms with Crippen LogP contribution in [0.25, 0.3) is 0 Å². The number of ether oxygens (including phenoxy) is 1. The van der Waals surface area contributed by atoms with Gasteiger partial charge in [0.05, 0.1) is 12.1 Å². The van der Waals surface area contributed by atoms with E-state index in [1.165, 1.54) is 32.6 Å². The molecule has 0 amide bonds. The molecule has 0 saturated carbocycles. The van der Waals surface area contributed by atoms with E-state index in [0.29, 0.717) is 16.1 Å². The quantitative estimate of drug-likeness (QED) is 0.824. The summed E-state index contributed by atoms with van der Waals surface area (Å²) in [6.07, 6.45) is 1.24. The number of hydrogen-bond donors (Lipinski definition) is 0. The molecule has 0 spiro atoms. The van der Waals surface area contributed by atoms with Crippen molar-refractivity contribution in [2.24, 2.45) is 0 Å². The molecule has 128 valence electrons. The Balaban J connectivity index is 1.62. The topological polar surface area (TPSA) is 19.0 Å². The highest BCUT2D eigenvalue weighted by Crippen LogP contribution is 2.33. The van der Waals surface area contributed by atoms with Crippen molar-refractivity contribution in [1.29, 1.82) is 0 Å². The zero-order valence-corrected chi connectivity index (χ0v) is 15.4. The Morgan fingerprint density at radius 2 is 1.87 bits per heavy atom. The second-order valence-corrected chi connectivity index (χ2v) is 7.44. The molecule has 23 heavy (non-hydrogen) atoms. The number of methoxy groups -OCH3 is 1. The number of nitrogens with zero attached hydrogens (tertiary/aromatic N) is 3. The molecule has 2 fully saturated rings. The highest BCUT2D eigenvalue weighted by molar-refractivity contribution is 6.35. The largest absolute Gasteiger partial charge is 0.495 e. The first-order chi connectivity index (χ1) is 11.1. The predicted molar refractivity (Wildman–Crippen MR) is 95.8 cm³/mol. The summed E-state index contributed by atoms with van der Waals surface area (Å²) in [5.74, 6) is 0.749. The van der Waals surface area contributed by atoms with E-state index in [9.17, 15) is 0 Å². The predicted octanol–water partition coefficient (Wildman–Crippen LogP) is 2.82. The van der Waals surface area contributed by atoms with Crippen molar-refractivity contribution in [3.8, 4) is 5.75 Å². The molecule has 0 aliphatic carbocycles. The van der Waals surface area contributed by atoms with Crippen molar-refractivity contribution in [2.45, 2.75) is 19.0 Å². The molecule has 1 unspecified atom stereocenters. The van der Waals surface area contributed by atoms with Crippen LogP contribution in [0, 0.1) is 0 Å². The fraction of sp³-hybridized carbons (Fsp3) is 0.647. The molecular weight excluding hydrogens is 333 g/mol. The minimum Gasteiger partial charge on any atom is -0.495 e. The summed E-state index contributed by atoms with van der Waals surface area (Å²) >= 11 is 12.4. The fourth-order valence-electron chi connectivity index (χ4n) is 3.64. The van der Waals surface area contributed by atoms with Crippen molar-refractivity contribution < 1.29 is 4.74 Å². The van der Waals surface area contributed by atoms with Gasteiger partial charge in [0, 0.05) is 62.4 Å². The number of piperazine rings is 1. The molecule has 1 atom stereocenters. The maximum absolute atomic E-state index is 6.24. The van der Waals surface area contributed by atoms with Crippen LogP contribution in [0.15, 0.2) is 12.1 Å². The molecule has 1 aromatic carbocycles. The van der Waals surface area contributed by atoms with Crippen LogP contribution >= 0.6 is 23.2 Å². The van der Waals surface area contributed by atoms with Gasteiger partial charge in [-0.2, -0.15) is 0 Å². The smallest absolute Gasteiger partial charge is 0.142 e. The van der Waals surface area contributed by atoms with Crippen LogP contribution in [0.2, 0.25) is 10.0 Å². The van der Waals surface area contributed by atoms with Crippen molar-refractivity contribution >= 4 is 23.2 Å². The van der Waals surface area contributed by atoms with Crippen molar-refractivity contribution in [2.75, 3.05) is 53.4 Å². The van der Waals surface area contributed by atoms with Crippen LogP contribution in [-0.4, -0.2) is 74.2 Å². The zero-order valence-electron chi connectivity index (χ0n) is 13.9. The lowest BCUT2D eigenvalue weighted by atomic mass is 10.2. The Morgan fingerprint density at radius 3 is 2.57 bits per heavy atom. The normalized spacial score (nSPS) is 24.3. The zero-order chi connectivity index (χ0) is 16.4. The SMILES string of the molecule is COc1c(Cl)cc(Cl)cc1CN1CCC(N2CCN(C)CC2)C1. The molecule has 1 aromatic rings. The number of rotatable bonds is 4. The lowest BCUT2D eigenvalue weighted by molar-refractivity contribution is 0.112. The van der Waals surface area contributed by atoms with Crippen LogP contribution < -0.4 is 4.74 Å². The number of likely N-dealkylation sites (N-methyl/N-ethyl adjacent to an activating group) is 1. The molecule has 0 aromatic heterocycles. The van der Waals surface area contributed by atoms with Gasteiger partial charge in [-0.3, -0.25) is 9.80 Å². The first kappa shape index (κ1) is 17.3. The Labute approximate surface area is 148 Å². The van der Waals surface area contributed by atoms with Crippen molar-refractivity contribution in [3.63, 3.8) is 0 Å². The summed E-state index contributed by atoms with van der Waals surface area (Å²) in [5.41, 5.74) is 1.07. The average Bonchev–Trinajstić information content (AvgIpc) is 2.96. The lowest BCUT2D eigenvalue weighted by Gasteiger charge is -2.36. The van der Waals surface area contributed by atoms with E-state index >= 15 is 0 Å². The van der Waals surface area contributed by atoms with Gasteiger partial charge in [0.15, 0.2) is 0 Å². The number of halogens is 2.